The lowest BCUT2D eigenvalue weighted by Crippen LogP contribution is -2.56. The highest BCUT2D eigenvalue weighted by Gasteiger charge is 2.32. The van der Waals surface area contributed by atoms with Crippen molar-refractivity contribution < 1.29 is 9.84 Å². The Kier molecular flexibility index (Phi) is 5.12. The van der Waals surface area contributed by atoms with Gasteiger partial charge in [-0.2, -0.15) is 5.10 Å². The highest BCUT2D eigenvalue weighted by molar-refractivity contribution is 5.33. The van der Waals surface area contributed by atoms with Crippen molar-refractivity contribution in [3.63, 3.8) is 0 Å². The molecular formula is C19H26N4O2. The van der Waals surface area contributed by atoms with E-state index in [1.54, 1.807) is 6.20 Å². The van der Waals surface area contributed by atoms with E-state index in [1.807, 2.05) is 16.9 Å². The molecule has 2 aliphatic rings. The third-order valence-corrected chi connectivity index (χ3v) is 5.26. The molecule has 0 radical (unpaired) electrons. The smallest absolute Gasteiger partial charge is 0.0822 e. The summed E-state index contributed by atoms with van der Waals surface area (Å²) in [6, 6.07) is 10.7. The molecule has 0 aliphatic carbocycles. The molecule has 2 saturated heterocycles. The lowest BCUT2D eigenvalue weighted by atomic mass is 9.99. The number of benzene rings is 1. The topological polar surface area (TPSA) is 53.8 Å². The van der Waals surface area contributed by atoms with Gasteiger partial charge >= 0.3 is 0 Å². The summed E-state index contributed by atoms with van der Waals surface area (Å²) < 4.78 is 7.28. The second-order valence-corrected chi connectivity index (χ2v) is 6.92. The predicted octanol–water partition coefficient (Wildman–Crippen LogP) is 1.14. The number of morpholine rings is 1. The zero-order valence-electron chi connectivity index (χ0n) is 14.5. The Hall–Kier alpha value is -1.73. The molecule has 0 unspecified atom stereocenters. The number of aromatic nitrogens is 2. The van der Waals surface area contributed by atoms with Crippen LogP contribution >= 0.6 is 0 Å². The van der Waals surface area contributed by atoms with Crippen LogP contribution in [0.5, 0.6) is 0 Å². The van der Waals surface area contributed by atoms with Gasteiger partial charge in [0.1, 0.15) is 0 Å². The molecule has 25 heavy (non-hydrogen) atoms. The molecule has 1 N–H and O–H groups in total. The molecule has 6 heteroatoms. The first-order valence-electron chi connectivity index (χ1n) is 9.11. The lowest BCUT2D eigenvalue weighted by Gasteiger charge is -2.43. The van der Waals surface area contributed by atoms with Crippen molar-refractivity contribution in [3.05, 3.63) is 48.3 Å². The fourth-order valence-corrected chi connectivity index (χ4v) is 3.90. The van der Waals surface area contributed by atoms with Crippen molar-refractivity contribution in [3.8, 4) is 5.69 Å². The molecule has 0 bridgehead atoms. The van der Waals surface area contributed by atoms with Gasteiger partial charge in [-0.1, -0.05) is 12.1 Å². The zero-order valence-corrected chi connectivity index (χ0v) is 14.5. The van der Waals surface area contributed by atoms with Gasteiger partial charge in [0.25, 0.3) is 0 Å². The molecule has 0 saturated carbocycles. The molecule has 134 valence electrons. The third kappa shape index (κ3) is 3.93. The summed E-state index contributed by atoms with van der Waals surface area (Å²) in [6.45, 7) is 6.10. The van der Waals surface area contributed by atoms with Crippen molar-refractivity contribution in [2.75, 3.05) is 39.4 Å². The summed E-state index contributed by atoms with van der Waals surface area (Å²) in [7, 11) is 0. The summed E-state index contributed by atoms with van der Waals surface area (Å²) in [6.07, 6.45) is 4.47. The molecule has 3 heterocycles. The van der Waals surface area contributed by atoms with Crippen LogP contribution in [0.25, 0.3) is 5.69 Å². The van der Waals surface area contributed by atoms with Crippen LogP contribution in [0.3, 0.4) is 0 Å². The van der Waals surface area contributed by atoms with Crippen LogP contribution < -0.4 is 0 Å². The summed E-state index contributed by atoms with van der Waals surface area (Å²) in [5, 5.41) is 14.9. The maximum absolute atomic E-state index is 10.6. The first-order valence-corrected chi connectivity index (χ1v) is 9.11. The van der Waals surface area contributed by atoms with Gasteiger partial charge < -0.3 is 9.84 Å². The molecule has 2 fully saturated rings. The van der Waals surface area contributed by atoms with E-state index < -0.39 is 0 Å². The second kappa shape index (κ2) is 7.66. The van der Waals surface area contributed by atoms with E-state index in [9.17, 15) is 5.11 Å². The molecule has 2 atom stereocenters. The summed E-state index contributed by atoms with van der Waals surface area (Å²) >= 11 is 0. The minimum atomic E-state index is -0.282. The maximum atomic E-state index is 10.6. The van der Waals surface area contributed by atoms with Crippen molar-refractivity contribution >= 4 is 0 Å². The number of nitrogens with zero attached hydrogens (tertiary/aromatic N) is 4. The Morgan fingerprint density at radius 1 is 1.12 bits per heavy atom. The Balaban J connectivity index is 1.33. The number of likely N-dealkylation sites (tertiary alicyclic amines) is 1. The molecule has 0 amide bonds. The molecule has 1 aromatic carbocycles. The number of β-amino-alcohol motifs (C(OH)–C–C–N with tert-alkyl or cyclic N) is 1. The van der Waals surface area contributed by atoms with E-state index in [2.05, 4.69) is 39.2 Å². The molecular weight excluding hydrogens is 316 g/mol. The second-order valence-electron chi connectivity index (χ2n) is 6.92. The van der Waals surface area contributed by atoms with Crippen LogP contribution in [-0.4, -0.2) is 76.2 Å². The molecule has 0 spiro atoms. The fraction of sp³-hybridized carbons (Fsp3) is 0.526. The Labute approximate surface area is 148 Å². The van der Waals surface area contributed by atoms with Gasteiger partial charge in [-0.3, -0.25) is 9.80 Å². The number of hydrogen-bond acceptors (Lipinski definition) is 5. The minimum absolute atomic E-state index is 0.280. The van der Waals surface area contributed by atoms with Crippen LogP contribution in [0.2, 0.25) is 0 Å². The van der Waals surface area contributed by atoms with Crippen LogP contribution in [-0.2, 0) is 11.3 Å². The van der Waals surface area contributed by atoms with Crippen molar-refractivity contribution in [2.24, 2.45) is 0 Å². The van der Waals surface area contributed by atoms with E-state index in [0.717, 1.165) is 58.0 Å². The van der Waals surface area contributed by atoms with Crippen LogP contribution in [0.15, 0.2) is 42.7 Å². The molecule has 4 rings (SSSR count). The van der Waals surface area contributed by atoms with Gasteiger partial charge in [0, 0.05) is 51.2 Å². The van der Waals surface area contributed by atoms with Crippen LogP contribution in [0, 0.1) is 0 Å². The van der Waals surface area contributed by atoms with Gasteiger partial charge in [-0.15, -0.1) is 0 Å². The largest absolute Gasteiger partial charge is 0.390 e. The average molecular weight is 342 g/mol. The summed E-state index contributed by atoms with van der Waals surface area (Å²) in [5.41, 5.74) is 2.34. The average Bonchev–Trinajstić information content (AvgIpc) is 3.18. The minimum Gasteiger partial charge on any atom is -0.390 e. The maximum Gasteiger partial charge on any atom is 0.0822 e. The van der Waals surface area contributed by atoms with E-state index >= 15 is 0 Å². The number of ether oxygens (including phenoxy) is 1. The van der Waals surface area contributed by atoms with Gasteiger partial charge in [0.05, 0.1) is 25.0 Å². The zero-order chi connectivity index (χ0) is 17.1. The van der Waals surface area contributed by atoms with Crippen molar-refractivity contribution in [2.45, 2.75) is 25.1 Å². The quantitative estimate of drug-likeness (QED) is 0.903. The molecule has 2 aromatic rings. The van der Waals surface area contributed by atoms with Crippen LogP contribution in [0.4, 0.5) is 0 Å². The van der Waals surface area contributed by atoms with Crippen LogP contribution in [0.1, 0.15) is 12.0 Å². The predicted molar refractivity (Wildman–Crippen MR) is 95.6 cm³/mol. The lowest BCUT2D eigenvalue weighted by molar-refractivity contribution is -0.0534. The van der Waals surface area contributed by atoms with E-state index in [4.69, 9.17) is 4.74 Å². The highest BCUT2D eigenvalue weighted by atomic mass is 16.5. The number of aliphatic hydroxyl groups excluding tert-OH is 1. The third-order valence-electron chi connectivity index (χ3n) is 5.26. The van der Waals surface area contributed by atoms with E-state index in [0.29, 0.717) is 0 Å². The summed E-state index contributed by atoms with van der Waals surface area (Å²) in [5.74, 6) is 0. The number of hydrogen-bond donors (Lipinski definition) is 1. The first kappa shape index (κ1) is 16.7. The Bertz CT molecular complexity index is 653. The van der Waals surface area contributed by atoms with Gasteiger partial charge in [0.15, 0.2) is 0 Å². The van der Waals surface area contributed by atoms with Gasteiger partial charge in [-0.25, -0.2) is 4.68 Å². The van der Waals surface area contributed by atoms with E-state index in [-0.39, 0.29) is 12.1 Å². The van der Waals surface area contributed by atoms with Crippen molar-refractivity contribution in [1.29, 1.82) is 0 Å². The number of aliphatic hydroxyl groups is 1. The summed E-state index contributed by atoms with van der Waals surface area (Å²) in [4.78, 5) is 4.74. The Morgan fingerprint density at radius 2 is 1.92 bits per heavy atom. The van der Waals surface area contributed by atoms with Gasteiger partial charge in [-0.05, 0) is 30.2 Å². The van der Waals surface area contributed by atoms with E-state index in [1.165, 1.54) is 5.56 Å². The SMILES string of the molecule is O[C@@H]1CN(Cc2ccc(-n3cccn3)cc2)CC[C@H]1N1CCOCC1. The van der Waals surface area contributed by atoms with Crippen molar-refractivity contribution in [1.82, 2.24) is 19.6 Å². The molecule has 2 aliphatic heterocycles. The number of rotatable bonds is 4. The standard InChI is InChI=1S/C19H26N4O2/c24-19-15-21(9-6-18(19)22-10-12-25-13-11-22)14-16-2-4-17(5-3-16)23-8-1-7-20-23/h1-5,7-8,18-19,24H,6,9-15H2/t18-,19-/m1/s1. The van der Waals surface area contributed by atoms with Gasteiger partial charge in [0.2, 0.25) is 0 Å². The Morgan fingerprint density at radius 3 is 2.60 bits per heavy atom. The monoisotopic (exact) mass is 342 g/mol. The fourth-order valence-electron chi connectivity index (χ4n) is 3.90. The molecule has 6 nitrogen and oxygen atoms in total. The first-order chi connectivity index (χ1) is 12.3. The number of piperidine rings is 1. The highest BCUT2D eigenvalue weighted by Crippen LogP contribution is 2.20. The normalized spacial score (nSPS) is 26.0. The molecule has 1 aromatic heterocycles.